The standard InChI is InChI=1S/C29H21BrClF3N4O/c30-23-12-13-38-26(15-25(37-27(23)38)22-6-1-2-7-24(22)31)35-16-18-8-10-19(11-9-18)17-36-28(39)20-4-3-5-21(14-20)29(32,33)34/h1-15,35H,16-17H2,(H,36,39). The lowest BCUT2D eigenvalue weighted by Gasteiger charge is -2.13. The minimum Gasteiger partial charge on any atom is -0.367 e. The predicted molar refractivity (Wildman–Crippen MR) is 150 cm³/mol. The van der Waals surface area contributed by atoms with Gasteiger partial charge in [0.25, 0.3) is 5.91 Å². The van der Waals surface area contributed by atoms with Gasteiger partial charge in [0.15, 0.2) is 5.65 Å². The monoisotopic (exact) mass is 612 g/mol. The molecule has 5 nitrogen and oxygen atoms in total. The van der Waals surface area contributed by atoms with Gasteiger partial charge in [-0.3, -0.25) is 9.20 Å². The number of nitrogens with zero attached hydrogens (tertiary/aromatic N) is 2. The fourth-order valence-electron chi connectivity index (χ4n) is 4.08. The van der Waals surface area contributed by atoms with E-state index in [1.807, 2.05) is 71.3 Å². The van der Waals surface area contributed by atoms with Gasteiger partial charge in [-0.25, -0.2) is 4.98 Å². The van der Waals surface area contributed by atoms with Crippen molar-refractivity contribution in [2.75, 3.05) is 5.32 Å². The fraction of sp³-hybridized carbons (Fsp3) is 0.103. The van der Waals surface area contributed by atoms with E-state index in [0.29, 0.717) is 11.6 Å². The van der Waals surface area contributed by atoms with Crippen LogP contribution in [0.5, 0.6) is 0 Å². The normalized spacial score (nSPS) is 11.5. The number of nitrogens with one attached hydrogen (secondary N) is 2. The Balaban J connectivity index is 1.26. The summed E-state index contributed by atoms with van der Waals surface area (Å²) in [4.78, 5) is 17.1. The number of fused-ring (bicyclic) bond motifs is 1. The largest absolute Gasteiger partial charge is 0.416 e. The molecule has 0 fully saturated rings. The maximum absolute atomic E-state index is 12.9. The third-order valence-corrected chi connectivity index (χ3v) is 7.07. The summed E-state index contributed by atoms with van der Waals surface area (Å²) >= 11 is 9.98. The maximum Gasteiger partial charge on any atom is 0.416 e. The Hall–Kier alpha value is -3.82. The summed E-state index contributed by atoms with van der Waals surface area (Å²) < 4.78 is 41.6. The number of halogens is 5. The number of aromatic nitrogens is 2. The van der Waals surface area contributed by atoms with Gasteiger partial charge in [0.05, 0.1) is 15.7 Å². The molecule has 198 valence electrons. The van der Waals surface area contributed by atoms with Crippen LogP contribution in [0.1, 0.15) is 27.0 Å². The average Bonchev–Trinajstić information content (AvgIpc) is 3.31. The van der Waals surface area contributed by atoms with Crippen LogP contribution in [0.3, 0.4) is 0 Å². The molecule has 0 aliphatic rings. The molecule has 0 saturated heterocycles. The first-order valence-electron chi connectivity index (χ1n) is 11.9. The summed E-state index contributed by atoms with van der Waals surface area (Å²) in [5, 5.41) is 6.74. The van der Waals surface area contributed by atoms with Crippen molar-refractivity contribution >= 4 is 44.9 Å². The molecule has 0 bridgehead atoms. The third-order valence-electron chi connectivity index (χ3n) is 6.12. The zero-order chi connectivity index (χ0) is 27.6. The van der Waals surface area contributed by atoms with E-state index in [1.165, 1.54) is 12.1 Å². The average molecular weight is 614 g/mol. The molecule has 0 saturated carbocycles. The second-order valence-corrected chi connectivity index (χ2v) is 10.1. The first-order chi connectivity index (χ1) is 18.7. The van der Waals surface area contributed by atoms with Crippen LogP contribution in [0.4, 0.5) is 19.0 Å². The number of hydrogen-bond donors (Lipinski definition) is 2. The van der Waals surface area contributed by atoms with Crippen molar-refractivity contribution in [1.82, 2.24) is 14.7 Å². The van der Waals surface area contributed by atoms with Gasteiger partial charge in [0, 0.05) is 41.5 Å². The molecule has 2 N–H and O–H groups in total. The van der Waals surface area contributed by atoms with Gasteiger partial charge < -0.3 is 10.6 Å². The molecule has 5 rings (SSSR count). The number of amides is 1. The first-order valence-corrected chi connectivity index (χ1v) is 13.1. The van der Waals surface area contributed by atoms with Gasteiger partial charge in [-0.05, 0) is 57.4 Å². The van der Waals surface area contributed by atoms with E-state index in [4.69, 9.17) is 16.6 Å². The highest BCUT2D eigenvalue weighted by molar-refractivity contribution is 9.10. The summed E-state index contributed by atoms with van der Waals surface area (Å²) in [6.07, 6.45) is -2.59. The molecule has 5 aromatic rings. The Kier molecular flexibility index (Phi) is 7.63. The van der Waals surface area contributed by atoms with Crippen molar-refractivity contribution in [3.8, 4) is 11.3 Å². The van der Waals surface area contributed by atoms with Crippen LogP contribution < -0.4 is 10.6 Å². The molecular formula is C29H21BrClF3N4O. The van der Waals surface area contributed by atoms with Crippen LogP contribution in [0.2, 0.25) is 5.02 Å². The number of benzene rings is 3. The Bertz CT molecular complexity index is 1650. The van der Waals surface area contributed by atoms with E-state index in [0.717, 1.165) is 50.5 Å². The summed E-state index contributed by atoms with van der Waals surface area (Å²) in [6, 6.07) is 23.4. The van der Waals surface area contributed by atoms with Crippen LogP contribution >= 0.6 is 27.5 Å². The SMILES string of the molecule is O=C(NCc1ccc(CNc2cc(-c3ccccc3Cl)nc3c(Br)ccn23)cc1)c1cccc(C(F)(F)F)c1. The number of carbonyl (C=O) groups excluding carboxylic acids is 1. The van der Waals surface area contributed by atoms with E-state index < -0.39 is 17.6 Å². The van der Waals surface area contributed by atoms with Gasteiger partial charge in [-0.1, -0.05) is 60.1 Å². The van der Waals surface area contributed by atoms with Crippen LogP contribution in [0.25, 0.3) is 16.9 Å². The Morgan fingerprint density at radius 2 is 1.64 bits per heavy atom. The van der Waals surface area contributed by atoms with Crippen molar-refractivity contribution in [3.05, 3.63) is 123 Å². The number of hydrogen-bond acceptors (Lipinski definition) is 3. The Morgan fingerprint density at radius 3 is 2.36 bits per heavy atom. The third kappa shape index (κ3) is 6.10. The van der Waals surface area contributed by atoms with E-state index in [1.54, 1.807) is 0 Å². The zero-order valence-electron chi connectivity index (χ0n) is 20.3. The topological polar surface area (TPSA) is 58.4 Å². The minimum absolute atomic E-state index is 0.0397. The maximum atomic E-state index is 12.9. The van der Waals surface area contributed by atoms with E-state index in [-0.39, 0.29) is 12.1 Å². The van der Waals surface area contributed by atoms with Crippen molar-refractivity contribution in [3.63, 3.8) is 0 Å². The Labute approximate surface area is 235 Å². The van der Waals surface area contributed by atoms with E-state index >= 15 is 0 Å². The number of alkyl halides is 3. The second kappa shape index (κ2) is 11.1. The molecule has 0 radical (unpaired) electrons. The molecule has 0 aliphatic carbocycles. The molecule has 0 atom stereocenters. The molecule has 0 aliphatic heterocycles. The van der Waals surface area contributed by atoms with Gasteiger partial charge in [-0.15, -0.1) is 0 Å². The summed E-state index contributed by atoms with van der Waals surface area (Å²) in [6.45, 7) is 0.708. The fourth-order valence-corrected chi connectivity index (χ4v) is 4.71. The summed E-state index contributed by atoms with van der Waals surface area (Å²) in [7, 11) is 0. The smallest absolute Gasteiger partial charge is 0.367 e. The second-order valence-electron chi connectivity index (χ2n) is 8.80. The Morgan fingerprint density at radius 1 is 0.923 bits per heavy atom. The highest BCUT2D eigenvalue weighted by atomic mass is 79.9. The summed E-state index contributed by atoms with van der Waals surface area (Å²) in [5.41, 5.74) is 3.24. The minimum atomic E-state index is -4.50. The quantitative estimate of drug-likeness (QED) is 0.196. The molecule has 1 amide bonds. The van der Waals surface area contributed by atoms with Crippen molar-refractivity contribution in [2.24, 2.45) is 0 Å². The molecule has 3 aromatic carbocycles. The number of rotatable bonds is 7. The first kappa shape index (κ1) is 26.8. The van der Waals surface area contributed by atoms with Crippen molar-refractivity contribution in [1.29, 1.82) is 0 Å². The lowest BCUT2D eigenvalue weighted by Crippen LogP contribution is -2.23. The molecule has 0 spiro atoms. The number of anilines is 1. The molecular weight excluding hydrogens is 593 g/mol. The van der Waals surface area contributed by atoms with Crippen LogP contribution in [-0.4, -0.2) is 15.3 Å². The van der Waals surface area contributed by atoms with Crippen LogP contribution in [0.15, 0.2) is 95.6 Å². The molecule has 10 heteroatoms. The lowest BCUT2D eigenvalue weighted by atomic mass is 10.1. The summed E-state index contributed by atoms with van der Waals surface area (Å²) in [5.74, 6) is 0.263. The molecule has 0 unspecified atom stereocenters. The zero-order valence-corrected chi connectivity index (χ0v) is 22.6. The van der Waals surface area contributed by atoms with Gasteiger partial charge in [0.2, 0.25) is 0 Å². The molecule has 39 heavy (non-hydrogen) atoms. The number of carbonyl (C=O) groups is 1. The van der Waals surface area contributed by atoms with Crippen molar-refractivity contribution < 1.29 is 18.0 Å². The van der Waals surface area contributed by atoms with Gasteiger partial charge in [0.1, 0.15) is 5.82 Å². The lowest BCUT2D eigenvalue weighted by molar-refractivity contribution is -0.137. The predicted octanol–water partition coefficient (Wildman–Crippen LogP) is 7.98. The highest BCUT2D eigenvalue weighted by Crippen LogP contribution is 2.31. The van der Waals surface area contributed by atoms with Gasteiger partial charge in [-0.2, -0.15) is 13.2 Å². The molecule has 2 aromatic heterocycles. The van der Waals surface area contributed by atoms with Crippen LogP contribution in [0, 0.1) is 0 Å². The van der Waals surface area contributed by atoms with E-state index in [2.05, 4.69) is 26.6 Å². The molecule has 2 heterocycles. The van der Waals surface area contributed by atoms with Gasteiger partial charge >= 0.3 is 6.18 Å². The van der Waals surface area contributed by atoms with Crippen LogP contribution in [-0.2, 0) is 19.3 Å². The highest BCUT2D eigenvalue weighted by Gasteiger charge is 2.30. The van der Waals surface area contributed by atoms with Crippen molar-refractivity contribution in [2.45, 2.75) is 19.3 Å². The van der Waals surface area contributed by atoms with E-state index in [9.17, 15) is 18.0 Å².